The largest absolute Gasteiger partial charge is 0.497 e. The number of carbonyl (C=O) groups excluding carboxylic acids is 3. The Bertz CT molecular complexity index is 1580. The zero-order valence-electron chi connectivity index (χ0n) is 22.2. The van der Waals surface area contributed by atoms with Crippen LogP contribution < -0.4 is 26.0 Å². The number of nitrogens with zero attached hydrogens (tertiary/aromatic N) is 2. The standard InChI is InChI=1S/C30H28N6O4/c1-5-27(37)33-21-7-6-8-22(14-21)36-30-31-16-24(17-32-30)35-29(39)26-15-23(10-9-19(26)3)34-28(38)20-11-18(2)12-25(13-20)40-4/h5-17H,1H2,2-4H3,(H,33,37)(H,34,38)(H,35,39)(H,31,32,36). The summed E-state index contributed by atoms with van der Waals surface area (Å²) < 4.78 is 5.25. The first-order chi connectivity index (χ1) is 19.2. The van der Waals surface area contributed by atoms with E-state index in [1.54, 1.807) is 68.6 Å². The Balaban J connectivity index is 1.42. The van der Waals surface area contributed by atoms with Crippen LogP contribution in [0.3, 0.4) is 0 Å². The molecule has 0 saturated heterocycles. The Morgan fingerprint density at radius 1 is 0.800 bits per heavy atom. The highest BCUT2D eigenvalue weighted by atomic mass is 16.5. The van der Waals surface area contributed by atoms with Crippen molar-refractivity contribution in [1.29, 1.82) is 0 Å². The van der Waals surface area contributed by atoms with Gasteiger partial charge < -0.3 is 26.0 Å². The van der Waals surface area contributed by atoms with E-state index in [1.807, 2.05) is 13.0 Å². The molecule has 202 valence electrons. The van der Waals surface area contributed by atoms with Crippen molar-refractivity contribution in [1.82, 2.24) is 9.97 Å². The van der Waals surface area contributed by atoms with Gasteiger partial charge in [0.15, 0.2) is 0 Å². The van der Waals surface area contributed by atoms with Gasteiger partial charge in [0, 0.05) is 28.2 Å². The van der Waals surface area contributed by atoms with Gasteiger partial charge in [0.1, 0.15) is 5.75 Å². The molecule has 0 atom stereocenters. The number of rotatable bonds is 9. The average molecular weight is 537 g/mol. The Hall–Kier alpha value is -5.51. The van der Waals surface area contributed by atoms with Crippen LogP contribution in [-0.4, -0.2) is 34.8 Å². The molecule has 0 aliphatic heterocycles. The fourth-order valence-electron chi connectivity index (χ4n) is 3.80. The van der Waals surface area contributed by atoms with Gasteiger partial charge in [-0.15, -0.1) is 0 Å². The maximum Gasteiger partial charge on any atom is 0.256 e. The van der Waals surface area contributed by atoms with E-state index in [0.29, 0.717) is 45.6 Å². The van der Waals surface area contributed by atoms with E-state index in [2.05, 4.69) is 37.8 Å². The number of methoxy groups -OCH3 is 1. The minimum absolute atomic E-state index is 0.305. The van der Waals surface area contributed by atoms with Crippen LogP contribution in [0.25, 0.3) is 0 Å². The predicted octanol–water partition coefficient (Wildman–Crippen LogP) is 5.47. The number of ether oxygens (including phenoxy) is 1. The lowest BCUT2D eigenvalue weighted by molar-refractivity contribution is -0.111. The van der Waals surface area contributed by atoms with Gasteiger partial charge in [0.2, 0.25) is 11.9 Å². The highest BCUT2D eigenvalue weighted by Crippen LogP contribution is 2.22. The number of hydrogen-bond donors (Lipinski definition) is 4. The van der Waals surface area contributed by atoms with Crippen LogP contribution in [-0.2, 0) is 4.79 Å². The van der Waals surface area contributed by atoms with Crippen LogP contribution in [0.2, 0.25) is 0 Å². The number of anilines is 5. The van der Waals surface area contributed by atoms with E-state index in [4.69, 9.17) is 4.74 Å². The summed E-state index contributed by atoms with van der Waals surface area (Å²) >= 11 is 0. The first-order valence-corrected chi connectivity index (χ1v) is 12.3. The van der Waals surface area contributed by atoms with Crippen LogP contribution in [0.1, 0.15) is 31.8 Å². The molecule has 0 bridgehead atoms. The maximum absolute atomic E-state index is 13.0. The van der Waals surface area contributed by atoms with Gasteiger partial charge in [-0.25, -0.2) is 9.97 Å². The Labute approximate surface area is 231 Å². The third kappa shape index (κ3) is 7.07. The number of carbonyl (C=O) groups is 3. The minimum Gasteiger partial charge on any atom is -0.497 e. The van der Waals surface area contributed by atoms with Gasteiger partial charge in [-0.2, -0.15) is 0 Å². The molecule has 0 saturated carbocycles. The van der Waals surface area contributed by atoms with Gasteiger partial charge in [0.05, 0.1) is 25.2 Å². The summed E-state index contributed by atoms with van der Waals surface area (Å²) in [6, 6.07) is 17.4. The zero-order chi connectivity index (χ0) is 28.6. The second kappa shape index (κ2) is 12.4. The fourth-order valence-corrected chi connectivity index (χ4v) is 3.80. The molecule has 10 nitrogen and oxygen atoms in total. The number of aryl methyl sites for hydroxylation is 2. The van der Waals surface area contributed by atoms with Crippen LogP contribution in [0.5, 0.6) is 5.75 Å². The van der Waals surface area contributed by atoms with Crippen molar-refractivity contribution in [2.75, 3.05) is 28.4 Å². The van der Waals surface area contributed by atoms with Crippen LogP contribution in [0.4, 0.5) is 28.7 Å². The molecule has 0 fully saturated rings. The van der Waals surface area contributed by atoms with Gasteiger partial charge in [0.25, 0.3) is 11.8 Å². The van der Waals surface area contributed by atoms with Gasteiger partial charge >= 0.3 is 0 Å². The van der Waals surface area contributed by atoms with Crippen molar-refractivity contribution >= 4 is 46.4 Å². The molecular formula is C30H28N6O4. The number of benzene rings is 3. The number of aromatic nitrogens is 2. The molecule has 1 aromatic heterocycles. The first-order valence-electron chi connectivity index (χ1n) is 12.3. The summed E-state index contributed by atoms with van der Waals surface area (Å²) in [6.07, 6.45) is 4.14. The average Bonchev–Trinajstić information content (AvgIpc) is 2.94. The van der Waals surface area contributed by atoms with Gasteiger partial charge in [-0.05, 0) is 79.6 Å². The van der Waals surface area contributed by atoms with Crippen molar-refractivity contribution < 1.29 is 19.1 Å². The summed E-state index contributed by atoms with van der Waals surface area (Å²) in [4.78, 5) is 45.9. The molecule has 0 aliphatic rings. The number of nitrogens with one attached hydrogen (secondary N) is 4. The van der Waals surface area contributed by atoms with E-state index in [0.717, 1.165) is 11.1 Å². The topological polar surface area (TPSA) is 134 Å². The highest BCUT2D eigenvalue weighted by Gasteiger charge is 2.14. The summed E-state index contributed by atoms with van der Waals surface area (Å²) in [5.74, 6) is -0.117. The van der Waals surface area contributed by atoms with E-state index < -0.39 is 0 Å². The molecule has 4 N–H and O–H groups in total. The monoisotopic (exact) mass is 536 g/mol. The lowest BCUT2D eigenvalue weighted by atomic mass is 10.1. The molecule has 3 aromatic carbocycles. The molecule has 40 heavy (non-hydrogen) atoms. The van der Waals surface area contributed by atoms with Crippen molar-refractivity contribution in [3.63, 3.8) is 0 Å². The van der Waals surface area contributed by atoms with Crippen molar-refractivity contribution in [2.24, 2.45) is 0 Å². The molecule has 4 rings (SSSR count). The highest BCUT2D eigenvalue weighted by molar-refractivity contribution is 6.08. The quantitative estimate of drug-likeness (QED) is 0.208. The summed E-state index contributed by atoms with van der Waals surface area (Å²) in [7, 11) is 1.54. The maximum atomic E-state index is 13.0. The molecule has 4 aromatic rings. The van der Waals surface area contributed by atoms with Crippen LogP contribution in [0, 0.1) is 13.8 Å². The Morgan fingerprint density at radius 3 is 2.23 bits per heavy atom. The van der Waals surface area contributed by atoms with Crippen LogP contribution in [0.15, 0.2) is 85.7 Å². The lowest BCUT2D eigenvalue weighted by Gasteiger charge is -2.12. The molecular weight excluding hydrogens is 508 g/mol. The van der Waals surface area contributed by atoms with Gasteiger partial charge in [-0.3, -0.25) is 14.4 Å². The molecule has 1 heterocycles. The summed E-state index contributed by atoms with van der Waals surface area (Å²) in [5, 5.41) is 11.4. The molecule has 10 heteroatoms. The van der Waals surface area contributed by atoms with E-state index in [9.17, 15) is 14.4 Å². The molecule has 3 amide bonds. The third-order valence-corrected chi connectivity index (χ3v) is 5.77. The van der Waals surface area contributed by atoms with E-state index in [-0.39, 0.29) is 17.7 Å². The SMILES string of the molecule is C=CC(=O)Nc1cccc(Nc2ncc(NC(=O)c3cc(NC(=O)c4cc(C)cc(OC)c4)ccc3C)cn2)c1. The third-order valence-electron chi connectivity index (χ3n) is 5.77. The first kappa shape index (κ1) is 27.5. The second-order valence-corrected chi connectivity index (χ2v) is 8.87. The van der Waals surface area contributed by atoms with Crippen molar-refractivity contribution in [3.05, 3.63) is 108 Å². The fraction of sp³-hybridized carbons (Fsp3) is 0.100. The van der Waals surface area contributed by atoms with Crippen molar-refractivity contribution in [3.8, 4) is 5.75 Å². The molecule has 0 aliphatic carbocycles. The molecule has 0 radical (unpaired) electrons. The second-order valence-electron chi connectivity index (χ2n) is 8.87. The smallest absolute Gasteiger partial charge is 0.256 e. The Kier molecular flexibility index (Phi) is 8.50. The normalized spacial score (nSPS) is 10.3. The number of amides is 3. The minimum atomic E-state index is -0.374. The zero-order valence-corrected chi connectivity index (χ0v) is 22.2. The van der Waals surface area contributed by atoms with E-state index in [1.165, 1.54) is 18.5 Å². The summed E-state index contributed by atoms with van der Waals surface area (Å²) in [6.45, 7) is 7.12. The molecule has 0 spiro atoms. The van der Waals surface area contributed by atoms with Gasteiger partial charge in [-0.1, -0.05) is 18.7 Å². The lowest BCUT2D eigenvalue weighted by Crippen LogP contribution is -2.16. The Morgan fingerprint density at radius 2 is 1.50 bits per heavy atom. The van der Waals surface area contributed by atoms with Crippen LogP contribution >= 0.6 is 0 Å². The predicted molar refractivity (Wildman–Crippen MR) is 155 cm³/mol. The molecule has 0 unspecified atom stereocenters. The van der Waals surface area contributed by atoms with Crippen molar-refractivity contribution in [2.45, 2.75) is 13.8 Å². The van der Waals surface area contributed by atoms with E-state index >= 15 is 0 Å². The summed E-state index contributed by atoms with van der Waals surface area (Å²) in [5.41, 5.74) is 4.58. The number of hydrogen-bond acceptors (Lipinski definition) is 7.